The normalized spacial score (nSPS) is 16.8. The van der Waals surface area contributed by atoms with Crippen molar-refractivity contribution in [1.82, 2.24) is 5.01 Å². The van der Waals surface area contributed by atoms with Crippen LogP contribution in [0, 0.1) is 0 Å². The van der Waals surface area contributed by atoms with Crippen molar-refractivity contribution >= 4 is 6.21 Å². The van der Waals surface area contributed by atoms with E-state index in [4.69, 9.17) is 5.73 Å². The molecule has 0 fully saturated rings. The summed E-state index contributed by atoms with van der Waals surface area (Å²) in [5, 5.41) is 5.90. The van der Waals surface area contributed by atoms with E-state index in [1.54, 1.807) is 0 Å². The SMILES string of the molecule is NCCN1C=CCC=N1. The smallest absolute Gasteiger partial charge is 0.0531 e. The first-order chi connectivity index (χ1) is 4.43. The van der Waals surface area contributed by atoms with Crippen LogP contribution in [0.3, 0.4) is 0 Å². The van der Waals surface area contributed by atoms with Gasteiger partial charge in [0.1, 0.15) is 0 Å². The molecule has 3 heteroatoms. The molecule has 0 saturated heterocycles. The first kappa shape index (κ1) is 6.29. The van der Waals surface area contributed by atoms with Crippen LogP contribution >= 0.6 is 0 Å². The lowest BCUT2D eigenvalue weighted by atomic mass is 10.4. The van der Waals surface area contributed by atoms with Gasteiger partial charge in [0.2, 0.25) is 0 Å². The maximum atomic E-state index is 5.31. The van der Waals surface area contributed by atoms with Gasteiger partial charge in [0.15, 0.2) is 0 Å². The fraction of sp³-hybridized carbons (Fsp3) is 0.500. The summed E-state index contributed by atoms with van der Waals surface area (Å²) >= 11 is 0. The van der Waals surface area contributed by atoms with Gasteiger partial charge in [0.25, 0.3) is 0 Å². The van der Waals surface area contributed by atoms with Crippen LogP contribution in [0.5, 0.6) is 0 Å². The van der Waals surface area contributed by atoms with Gasteiger partial charge in [-0.15, -0.1) is 0 Å². The van der Waals surface area contributed by atoms with Crippen LogP contribution in [-0.4, -0.2) is 24.3 Å². The highest BCUT2D eigenvalue weighted by atomic mass is 15.4. The molecule has 3 nitrogen and oxygen atoms in total. The van der Waals surface area contributed by atoms with E-state index in [1.165, 1.54) is 0 Å². The predicted octanol–water partition coefficient (Wildman–Crippen LogP) is 0.150. The van der Waals surface area contributed by atoms with Crippen molar-refractivity contribution in [3.8, 4) is 0 Å². The third kappa shape index (κ3) is 1.85. The van der Waals surface area contributed by atoms with Crippen LogP contribution in [-0.2, 0) is 0 Å². The lowest BCUT2D eigenvalue weighted by Gasteiger charge is -2.14. The molecular weight excluding hydrogens is 114 g/mol. The van der Waals surface area contributed by atoms with E-state index in [9.17, 15) is 0 Å². The number of nitrogens with zero attached hydrogens (tertiary/aromatic N) is 2. The van der Waals surface area contributed by atoms with E-state index in [-0.39, 0.29) is 0 Å². The number of hydrogen-bond acceptors (Lipinski definition) is 3. The van der Waals surface area contributed by atoms with Crippen molar-refractivity contribution in [2.45, 2.75) is 6.42 Å². The van der Waals surface area contributed by atoms with Crippen molar-refractivity contribution in [2.24, 2.45) is 10.8 Å². The Morgan fingerprint density at radius 3 is 3.11 bits per heavy atom. The predicted molar refractivity (Wildman–Crippen MR) is 38.0 cm³/mol. The second-order valence-corrected chi connectivity index (χ2v) is 1.87. The highest BCUT2D eigenvalue weighted by Crippen LogP contribution is 1.96. The Bertz CT molecular complexity index is 116. The Labute approximate surface area is 54.8 Å². The topological polar surface area (TPSA) is 41.6 Å². The van der Waals surface area contributed by atoms with Crippen LogP contribution in [0.1, 0.15) is 6.42 Å². The molecule has 0 aliphatic carbocycles. The molecule has 0 atom stereocenters. The maximum Gasteiger partial charge on any atom is 0.0531 e. The average Bonchev–Trinajstić information content (AvgIpc) is 1.91. The minimum absolute atomic E-state index is 0.654. The number of allylic oxidation sites excluding steroid dienone is 1. The van der Waals surface area contributed by atoms with Gasteiger partial charge in [-0.25, -0.2) is 0 Å². The number of hydrogen-bond donors (Lipinski definition) is 1. The first-order valence-electron chi connectivity index (χ1n) is 3.09. The Balaban J connectivity index is 2.31. The second-order valence-electron chi connectivity index (χ2n) is 1.87. The Morgan fingerprint density at radius 1 is 1.67 bits per heavy atom. The summed E-state index contributed by atoms with van der Waals surface area (Å²) in [6.45, 7) is 1.47. The summed E-state index contributed by atoms with van der Waals surface area (Å²) in [7, 11) is 0. The van der Waals surface area contributed by atoms with Gasteiger partial charge in [-0.05, 0) is 0 Å². The van der Waals surface area contributed by atoms with Crippen molar-refractivity contribution < 1.29 is 0 Å². The summed E-state index contributed by atoms with van der Waals surface area (Å²) < 4.78 is 0. The lowest BCUT2D eigenvalue weighted by molar-refractivity contribution is 0.405. The highest BCUT2D eigenvalue weighted by Gasteiger charge is 1.94. The molecule has 0 radical (unpaired) electrons. The zero-order valence-electron chi connectivity index (χ0n) is 5.33. The third-order valence-corrected chi connectivity index (χ3v) is 1.11. The third-order valence-electron chi connectivity index (χ3n) is 1.11. The molecule has 0 aromatic rings. The van der Waals surface area contributed by atoms with Gasteiger partial charge in [-0.3, -0.25) is 5.01 Å². The molecule has 9 heavy (non-hydrogen) atoms. The quantitative estimate of drug-likeness (QED) is 0.570. The van der Waals surface area contributed by atoms with E-state index < -0.39 is 0 Å². The monoisotopic (exact) mass is 125 g/mol. The molecule has 1 aliphatic rings. The van der Waals surface area contributed by atoms with Crippen molar-refractivity contribution in [3.05, 3.63) is 12.3 Å². The maximum absolute atomic E-state index is 5.31. The second kappa shape index (κ2) is 3.25. The molecule has 0 saturated carbocycles. The van der Waals surface area contributed by atoms with E-state index in [0.29, 0.717) is 6.54 Å². The van der Waals surface area contributed by atoms with E-state index >= 15 is 0 Å². The van der Waals surface area contributed by atoms with Gasteiger partial charge >= 0.3 is 0 Å². The van der Waals surface area contributed by atoms with E-state index in [0.717, 1.165) is 13.0 Å². The number of hydrazone groups is 1. The summed E-state index contributed by atoms with van der Waals surface area (Å²) in [6, 6.07) is 0. The summed E-state index contributed by atoms with van der Waals surface area (Å²) in [4.78, 5) is 0. The summed E-state index contributed by atoms with van der Waals surface area (Å²) in [5.74, 6) is 0. The number of nitrogens with two attached hydrogens (primary N) is 1. The zero-order valence-corrected chi connectivity index (χ0v) is 5.33. The highest BCUT2D eigenvalue weighted by molar-refractivity contribution is 5.59. The fourth-order valence-electron chi connectivity index (χ4n) is 0.698. The Hall–Kier alpha value is -0.830. The van der Waals surface area contributed by atoms with Gasteiger partial charge in [-0.2, -0.15) is 5.10 Å². The fourth-order valence-corrected chi connectivity index (χ4v) is 0.698. The number of rotatable bonds is 2. The van der Waals surface area contributed by atoms with E-state index in [2.05, 4.69) is 11.2 Å². The lowest BCUT2D eigenvalue weighted by Crippen LogP contribution is -2.20. The molecule has 0 spiro atoms. The van der Waals surface area contributed by atoms with E-state index in [1.807, 2.05) is 17.4 Å². The molecule has 0 unspecified atom stereocenters. The minimum atomic E-state index is 0.654. The molecule has 0 aromatic carbocycles. The molecule has 1 rings (SSSR count). The molecular formula is C6H11N3. The summed E-state index contributed by atoms with van der Waals surface area (Å²) in [6.07, 6.45) is 6.83. The van der Waals surface area contributed by atoms with Crippen LogP contribution in [0.4, 0.5) is 0 Å². The van der Waals surface area contributed by atoms with Gasteiger partial charge in [0.05, 0.1) is 6.54 Å². The summed E-state index contributed by atoms with van der Waals surface area (Å²) in [5.41, 5.74) is 5.31. The van der Waals surface area contributed by atoms with Crippen LogP contribution < -0.4 is 5.73 Å². The van der Waals surface area contributed by atoms with Crippen molar-refractivity contribution in [3.63, 3.8) is 0 Å². The van der Waals surface area contributed by atoms with Crippen LogP contribution in [0.15, 0.2) is 17.4 Å². The van der Waals surface area contributed by atoms with Crippen molar-refractivity contribution in [1.29, 1.82) is 0 Å². The van der Waals surface area contributed by atoms with Gasteiger partial charge < -0.3 is 5.73 Å². The molecule has 2 N–H and O–H groups in total. The largest absolute Gasteiger partial charge is 0.329 e. The molecule has 1 heterocycles. The van der Waals surface area contributed by atoms with Crippen LogP contribution in [0.2, 0.25) is 0 Å². The standard InChI is InChI=1S/C6H11N3/c7-3-6-9-5-2-1-4-8-9/h2,4-5H,1,3,6-7H2. The zero-order chi connectivity index (χ0) is 6.53. The minimum Gasteiger partial charge on any atom is -0.329 e. The average molecular weight is 125 g/mol. The molecule has 1 aliphatic heterocycles. The van der Waals surface area contributed by atoms with Crippen LogP contribution in [0.25, 0.3) is 0 Å². The molecule has 0 aromatic heterocycles. The van der Waals surface area contributed by atoms with Crippen molar-refractivity contribution in [2.75, 3.05) is 13.1 Å². The Kier molecular flexibility index (Phi) is 2.27. The Morgan fingerprint density at radius 2 is 2.56 bits per heavy atom. The molecule has 0 amide bonds. The van der Waals surface area contributed by atoms with Gasteiger partial charge in [-0.1, -0.05) is 6.08 Å². The molecule has 50 valence electrons. The first-order valence-corrected chi connectivity index (χ1v) is 3.09. The molecule has 0 bridgehead atoms. The van der Waals surface area contributed by atoms with Gasteiger partial charge in [0, 0.05) is 25.4 Å².